The average Bonchev–Trinajstić information content (AvgIpc) is 2.15. The quantitative estimate of drug-likeness (QED) is 0.515. The van der Waals surface area contributed by atoms with E-state index in [4.69, 9.17) is 11.6 Å². The molecular weight excluding hydrogens is 182 g/mol. The molecule has 0 saturated carbocycles. The SMILES string of the molecule is CCCC/N=C/c1ccc(Cl)cc1. The number of halogens is 1. The van der Waals surface area contributed by atoms with Gasteiger partial charge in [-0.15, -0.1) is 0 Å². The van der Waals surface area contributed by atoms with E-state index in [9.17, 15) is 0 Å². The molecule has 0 spiro atoms. The maximum atomic E-state index is 5.75. The van der Waals surface area contributed by atoms with Crippen LogP contribution in [0.5, 0.6) is 0 Å². The zero-order valence-corrected chi connectivity index (χ0v) is 8.59. The maximum Gasteiger partial charge on any atom is 0.0406 e. The van der Waals surface area contributed by atoms with Gasteiger partial charge in [-0.1, -0.05) is 37.1 Å². The van der Waals surface area contributed by atoms with Crippen molar-refractivity contribution in [1.29, 1.82) is 0 Å². The van der Waals surface area contributed by atoms with Crippen molar-refractivity contribution in [3.8, 4) is 0 Å². The van der Waals surface area contributed by atoms with Crippen LogP contribution in [0.1, 0.15) is 25.3 Å². The molecule has 0 fully saturated rings. The first-order valence-electron chi connectivity index (χ1n) is 4.58. The number of hydrogen-bond acceptors (Lipinski definition) is 1. The molecule has 0 aliphatic heterocycles. The fourth-order valence-electron chi connectivity index (χ4n) is 0.968. The first-order chi connectivity index (χ1) is 6.33. The third-order valence-electron chi connectivity index (χ3n) is 1.75. The van der Waals surface area contributed by atoms with Gasteiger partial charge in [0, 0.05) is 17.8 Å². The highest BCUT2D eigenvalue weighted by Gasteiger charge is 1.87. The Hall–Kier alpha value is -0.820. The molecule has 2 heteroatoms. The lowest BCUT2D eigenvalue weighted by Crippen LogP contribution is -1.83. The Balaban J connectivity index is 2.44. The summed E-state index contributed by atoms with van der Waals surface area (Å²) in [6.45, 7) is 3.08. The minimum atomic E-state index is 0.769. The van der Waals surface area contributed by atoms with E-state index >= 15 is 0 Å². The molecule has 70 valence electrons. The number of unbranched alkanes of at least 4 members (excludes halogenated alkanes) is 1. The zero-order valence-electron chi connectivity index (χ0n) is 7.83. The molecule has 1 aromatic carbocycles. The van der Waals surface area contributed by atoms with Crippen molar-refractivity contribution in [2.75, 3.05) is 6.54 Å². The number of rotatable bonds is 4. The first kappa shape index (κ1) is 10.3. The summed E-state index contributed by atoms with van der Waals surface area (Å²) in [5.41, 5.74) is 1.11. The molecule has 0 saturated heterocycles. The van der Waals surface area contributed by atoms with Crippen LogP contribution in [-0.4, -0.2) is 12.8 Å². The van der Waals surface area contributed by atoms with Gasteiger partial charge in [0.25, 0.3) is 0 Å². The molecule has 1 aromatic rings. The Morgan fingerprint density at radius 3 is 2.62 bits per heavy atom. The van der Waals surface area contributed by atoms with Gasteiger partial charge in [-0.25, -0.2) is 0 Å². The Kier molecular flexibility index (Phi) is 4.55. The molecule has 0 aliphatic rings. The van der Waals surface area contributed by atoms with Gasteiger partial charge in [-0.3, -0.25) is 4.99 Å². The van der Waals surface area contributed by atoms with Gasteiger partial charge in [0.1, 0.15) is 0 Å². The molecule has 1 rings (SSSR count). The standard InChI is InChI=1S/C11H14ClN/c1-2-3-8-13-9-10-4-6-11(12)7-5-10/h4-7,9H,2-3,8H2,1H3/b13-9+. The largest absolute Gasteiger partial charge is 0.293 e. The molecular formula is C11H14ClN. The lowest BCUT2D eigenvalue weighted by atomic mass is 10.2. The van der Waals surface area contributed by atoms with E-state index in [1.165, 1.54) is 6.42 Å². The molecule has 1 nitrogen and oxygen atoms in total. The summed E-state index contributed by atoms with van der Waals surface area (Å²) in [5, 5.41) is 0.769. The summed E-state index contributed by atoms with van der Waals surface area (Å²) >= 11 is 5.75. The summed E-state index contributed by atoms with van der Waals surface area (Å²) in [7, 11) is 0. The molecule has 0 N–H and O–H groups in total. The lowest BCUT2D eigenvalue weighted by molar-refractivity contribution is 0.810. The zero-order chi connectivity index (χ0) is 9.52. The number of hydrogen-bond donors (Lipinski definition) is 0. The molecule has 0 radical (unpaired) electrons. The number of benzene rings is 1. The number of nitrogens with zero attached hydrogens (tertiary/aromatic N) is 1. The van der Waals surface area contributed by atoms with Gasteiger partial charge in [-0.2, -0.15) is 0 Å². The van der Waals surface area contributed by atoms with Gasteiger partial charge < -0.3 is 0 Å². The monoisotopic (exact) mass is 195 g/mol. The van der Waals surface area contributed by atoms with Crippen LogP contribution in [0.15, 0.2) is 29.3 Å². The van der Waals surface area contributed by atoms with E-state index in [-0.39, 0.29) is 0 Å². The minimum Gasteiger partial charge on any atom is -0.293 e. The third kappa shape index (κ3) is 4.09. The van der Waals surface area contributed by atoms with Gasteiger partial charge in [0.05, 0.1) is 0 Å². The van der Waals surface area contributed by atoms with E-state index in [0.29, 0.717) is 0 Å². The van der Waals surface area contributed by atoms with Gasteiger partial charge in [-0.05, 0) is 24.1 Å². The van der Waals surface area contributed by atoms with Crippen LogP contribution >= 0.6 is 11.6 Å². The molecule has 13 heavy (non-hydrogen) atoms. The summed E-state index contributed by atoms with van der Waals surface area (Å²) in [4.78, 5) is 4.29. The molecule has 0 amide bonds. The number of aliphatic imine (C=N–C) groups is 1. The van der Waals surface area contributed by atoms with Crippen LogP contribution in [0.3, 0.4) is 0 Å². The molecule has 0 aromatic heterocycles. The highest BCUT2D eigenvalue weighted by molar-refractivity contribution is 6.30. The van der Waals surface area contributed by atoms with E-state index < -0.39 is 0 Å². The van der Waals surface area contributed by atoms with Crippen LogP contribution in [0.25, 0.3) is 0 Å². The second-order valence-electron chi connectivity index (χ2n) is 2.94. The van der Waals surface area contributed by atoms with Gasteiger partial charge in [0.15, 0.2) is 0 Å². The van der Waals surface area contributed by atoms with Crippen molar-refractivity contribution < 1.29 is 0 Å². The third-order valence-corrected chi connectivity index (χ3v) is 2.00. The predicted octanol–water partition coefficient (Wildman–Crippen LogP) is 3.56. The highest BCUT2D eigenvalue weighted by atomic mass is 35.5. The van der Waals surface area contributed by atoms with Crippen LogP contribution in [-0.2, 0) is 0 Å². The second-order valence-corrected chi connectivity index (χ2v) is 3.38. The minimum absolute atomic E-state index is 0.769. The van der Waals surface area contributed by atoms with Crippen molar-refractivity contribution >= 4 is 17.8 Å². The normalized spacial score (nSPS) is 10.9. The smallest absolute Gasteiger partial charge is 0.0406 e. The molecule has 0 atom stereocenters. The summed E-state index contributed by atoms with van der Waals surface area (Å²) < 4.78 is 0. The summed E-state index contributed by atoms with van der Waals surface area (Å²) in [6, 6.07) is 7.70. The van der Waals surface area contributed by atoms with Crippen LogP contribution in [0.4, 0.5) is 0 Å². The van der Waals surface area contributed by atoms with Crippen molar-refractivity contribution in [3.05, 3.63) is 34.9 Å². The Bertz CT molecular complexity index is 264. The molecule has 0 unspecified atom stereocenters. The van der Waals surface area contributed by atoms with Crippen molar-refractivity contribution in [3.63, 3.8) is 0 Å². The van der Waals surface area contributed by atoms with Crippen molar-refractivity contribution in [1.82, 2.24) is 0 Å². The van der Waals surface area contributed by atoms with Crippen LogP contribution < -0.4 is 0 Å². The second kappa shape index (κ2) is 5.76. The predicted molar refractivity (Wildman–Crippen MR) is 58.8 cm³/mol. The van der Waals surface area contributed by atoms with Crippen molar-refractivity contribution in [2.45, 2.75) is 19.8 Å². The van der Waals surface area contributed by atoms with Crippen molar-refractivity contribution in [2.24, 2.45) is 4.99 Å². The van der Waals surface area contributed by atoms with E-state index in [2.05, 4.69) is 11.9 Å². The average molecular weight is 196 g/mol. The fourth-order valence-corrected chi connectivity index (χ4v) is 1.09. The van der Waals surface area contributed by atoms with E-state index in [0.717, 1.165) is 23.6 Å². The Morgan fingerprint density at radius 2 is 2.00 bits per heavy atom. The molecule has 0 bridgehead atoms. The van der Waals surface area contributed by atoms with Gasteiger partial charge in [0.2, 0.25) is 0 Å². The fraction of sp³-hybridized carbons (Fsp3) is 0.364. The maximum absolute atomic E-state index is 5.75. The Labute approximate surface area is 84.5 Å². The van der Waals surface area contributed by atoms with Crippen LogP contribution in [0, 0.1) is 0 Å². The van der Waals surface area contributed by atoms with Crippen LogP contribution in [0.2, 0.25) is 5.02 Å². The Morgan fingerprint density at radius 1 is 1.31 bits per heavy atom. The molecule has 0 heterocycles. The van der Waals surface area contributed by atoms with E-state index in [1.807, 2.05) is 30.5 Å². The molecule has 0 aliphatic carbocycles. The highest BCUT2D eigenvalue weighted by Crippen LogP contribution is 2.07. The summed E-state index contributed by atoms with van der Waals surface area (Å²) in [6.07, 6.45) is 4.24. The lowest BCUT2D eigenvalue weighted by Gasteiger charge is -1.93. The first-order valence-corrected chi connectivity index (χ1v) is 4.96. The van der Waals surface area contributed by atoms with E-state index in [1.54, 1.807) is 0 Å². The summed E-state index contributed by atoms with van der Waals surface area (Å²) in [5.74, 6) is 0. The van der Waals surface area contributed by atoms with Gasteiger partial charge >= 0.3 is 0 Å². The topological polar surface area (TPSA) is 12.4 Å².